The molecular weight excluding hydrogens is 330 g/mol. The number of nitrogens with one attached hydrogen (secondary N) is 2. The van der Waals surface area contributed by atoms with Crippen molar-refractivity contribution in [2.24, 2.45) is 0 Å². The zero-order valence-corrected chi connectivity index (χ0v) is 16.5. The highest BCUT2D eigenvalue weighted by Gasteiger charge is 2.27. The Morgan fingerprint density at radius 2 is 1.92 bits per heavy atom. The van der Waals surface area contributed by atoms with Crippen molar-refractivity contribution in [2.75, 3.05) is 13.1 Å². The normalized spacial score (nSPS) is 18.2. The molecule has 1 fully saturated rings. The van der Waals surface area contributed by atoms with Crippen LogP contribution in [0.3, 0.4) is 0 Å². The molecule has 136 valence electrons. The maximum Gasteiger partial charge on any atom is 0.315 e. The first-order valence-corrected chi connectivity index (χ1v) is 9.95. The number of hydrogen-bond donors (Lipinski definition) is 2. The lowest BCUT2D eigenvalue weighted by molar-refractivity contribution is 0.0977. The fraction of sp³-hybridized carbons (Fsp3) is 0.550. The van der Waals surface area contributed by atoms with E-state index in [4.69, 9.17) is 0 Å². The maximum atomic E-state index is 12.4. The van der Waals surface area contributed by atoms with Crippen molar-refractivity contribution in [1.82, 2.24) is 15.5 Å². The number of fused-ring (bicyclic) bond motifs is 1. The largest absolute Gasteiger partial charge is 0.335 e. The van der Waals surface area contributed by atoms with Crippen molar-refractivity contribution in [3.8, 4) is 0 Å². The number of amides is 2. The topological polar surface area (TPSA) is 44.4 Å². The van der Waals surface area contributed by atoms with E-state index in [1.54, 1.807) is 11.3 Å². The van der Waals surface area contributed by atoms with Crippen LogP contribution in [0.25, 0.3) is 10.1 Å². The van der Waals surface area contributed by atoms with Crippen molar-refractivity contribution in [3.05, 3.63) is 35.2 Å². The molecule has 5 heteroatoms. The molecule has 1 aromatic heterocycles. The second kappa shape index (κ2) is 7.34. The summed E-state index contributed by atoms with van der Waals surface area (Å²) in [6.07, 6.45) is 2.03. The fourth-order valence-electron chi connectivity index (χ4n) is 3.41. The summed E-state index contributed by atoms with van der Waals surface area (Å²) in [6.45, 7) is 10.9. The summed E-state index contributed by atoms with van der Waals surface area (Å²) in [5.74, 6) is 0. The minimum atomic E-state index is -0.0563. The van der Waals surface area contributed by atoms with Gasteiger partial charge in [0, 0.05) is 34.2 Å². The highest BCUT2D eigenvalue weighted by atomic mass is 32.1. The third-order valence-electron chi connectivity index (χ3n) is 5.00. The molecule has 0 bridgehead atoms. The fourth-order valence-corrected chi connectivity index (χ4v) is 4.47. The minimum Gasteiger partial charge on any atom is -0.335 e. The molecule has 2 heterocycles. The number of likely N-dealkylation sites (tertiary alicyclic amines) is 1. The number of nitrogens with zero attached hydrogens (tertiary/aromatic N) is 1. The molecule has 25 heavy (non-hydrogen) atoms. The summed E-state index contributed by atoms with van der Waals surface area (Å²) >= 11 is 1.75. The molecule has 0 saturated carbocycles. The van der Waals surface area contributed by atoms with E-state index in [1.165, 1.54) is 15.0 Å². The van der Waals surface area contributed by atoms with E-state index in [-0.39, 0.29) is 23.7 Å². The van der Waals surface area contributed by atoms with E-state index in [1.807, 2.05) is 13.0 Å². The van der Waals surface area contributed by atoms with E-state index in [9.17, 15) is 4.79 Å². The Morgan fingerprint density at radius 1 is 1.24 bits per heavy atom. The number of hydrogen-bond acceptors (Lipinski definition) is 3. The molecule has 1 aromatic carbocycles. The molecule has 2 N–H and O–H groups in total. The van der Waals surface area contributed by atoms with Gasteiger partial charge in [-0.25, -0.2) is 4.79 Å². The van der Waals surface area contributed by atoms with Gasteiger partial charge < -0.3 is 10.6 Å². The number of rotatable bonds is 3. The van der Waals surface area contributed by atoms with Gasteiger partial charge in [0.2, 0.25) is 0 Å². The number of benzene rings is 1. The highest BCUT2D eigenvalue weighted by molar-refractivity contribution is 7.19. The van der Waals surface area contributed by atoms with Gasteiger partial charge in [-0.2, -0.15) is 0 Å². The van der Waals surface area contributed by atoms with Crippen molar-refractivity contribution >= 4 is 27.5 Å². The van der Waals surface area contributed by atoms with Gasteiger partial charge in [0.1, 0.15) is 0 Å². The summed E-state index contributed by atoms with van der Waals surface area (Å²) in [5, 5.41) is 7.49. The van der Waals surface area contributed by atoms with Crippen LogP contribution >= 0.6 is 11.3 Å². The Balaban J connectivity index is 1.51. The molecule has 1 atom stereocenters. The Labute approximate surface area is 154 Å². The van der Waals surface area contributed by atoms with Crippen molar-refractivity contribution in [2.45, 2.75) is 58.2 Å². The lowest BCUT2D eigenvalue weighted by Crippen LogP contribution is -2.52. The molecule has 2 amide bonds. The second-order valence-corrected chi connectivity index (χ2v) is 9.07. The van der Waals surface area contributed by atoms with Crippen LogP contribution < -0.4 is 10.6 Å². The average molecular weight is 360 g/mol. The Bertz CT molecular complexity index is 693. The first-order chi connectivity index (χ1) is 11.8. The molecule has 2 aromatic rings. The van der Waals surface area contributed by atoms with Crippen LogP contribution in [0.1, 0.15) is 51.5 Å². The van der Waals surface area contributed by atoms with E-state index in [0.717, 1.165) is 25.9 Å². The van der Waals surface area contributed by atoms with Gasteiger partial charge in [-0.3, -0.25) is 4.90 Å². The van der Waals surface area contributed by atoms with Crippen molar-refractivity contribution in [3.63, 3.8) is 0 Å². The van der Waals surface area contributed by atoms with Crippen LogP contribution in [-0.4, -0.2) is 35.6 Å². The van der Waals surface area contributed by atoms with Gasteiger partial charge in [-0.1, -0.05) is 18.2 Å². The molecule has 1 aliphatic heterocycles. The predicted molar refractivity (Wildman–Crippen MR) is 106 cm³/mol. The third kappa shape index (κ3) is 4.53. The zero-order valence-electron chi connectivity index (χ0n) is 15.6. The first-order valence-electron chi connectivity index (χ1n) is 9.13. The maximum absolute atomic E-state index is 12.4. The zero-order chi connectivity index (χ0) is 18.0. The van der Waals surface area contributed by atoms with Gasteiger partial charge in [0.05, 0.1) is 6.04 Å². The molecule has 1 saturated heterocycles. The van der Waals surface area contributed by atoms with E-state index < -0.39 is 0 Å². The quantitative estimate of drug-likeness (QED) is 0.846. The summed E-state index contributed by atoms with van der Waals surface area (Å²) in [7, 11) is 0. The molecular formula is C20H29N3OS. The SMILES string of the molecule is CC(NC(=O)NC1CCN(C(C)(C)C)CC1)c1cc2ccccc2s1. The molecule has 1 unspecified atom stereocenters. The Hall–Kier alpha value is -1.59. The van der Waals surface area contributed by atoms with E-state index in [0.29, 0.717) is 0 Å². The summed E-state index contributed by atoms with van der Waals surface area (Å²) in [5.41, 5.74) is 0.211. The van der Waals surface area contributed by atoms with Gasteiger partial charge in [-0.15, -0.1) is 11.3 Å². The van der Waals surface area contributed by atoms with Crippen molar-refractivity contribution in [1.29, 1.82) is 0 Å². The Morgan fingerprint density at radius 3 is 2.56 bits per heavy atom. The molecule has 0 radical (unpaired) electrons. The molecule has 4 nitrogen and oxygen atoms in total. The number of piperidine rings is 1. The minimum absolute atomic E-state index is 0.0204. The highest BCUT2D eigenvalue weighted by Crippen LogP contribution is 2.29. The smallest absolute Gasteiger partial charge is 0.315 e. The monoisotopic (exact) mass is 359 g/mol. The predicted octanol–water partition coefficient (Wildman–Crippen LogP) is 4.52. The number of thiophene rings is 1. The average Bonchev–Trinajstić information content (AvgIpc) is 2.98. The third-order valence-corrected chi connectivity index (χ3v) is 6.30. The van der Waals surface area contributed by atoms with Gasteiger partial charge >= 0.3 is 6.03 Å². The van der Waals surface area contributed by atoms with Crippen molar-refractivity contribution < 1.29 is 4.79 Å². The molecule has 1 aliphatic rings. The van der Waals surface area contributed by atoms with E-state index >= 15 is 0 Å². The van der Waals surface area contributed by atoms with Crippen LogP contribution in [0.15, 0.2) is 30.3 Å². The number of urea groups is 1. The van der Waals surface area contributed by atoms with Gasteiger partial charge in [-0.05, 0) is 58.1 Å². The standard InChI is InChI=1S/C20H29N3OS/c1-14(18-13-15-7-5-6-8-17(15)25-18)21-19(24)22-16-9-11-23(12-10-16)20(2,3)4/h5-8,13-14,16H,9-12H2,1-4H3,(H2,21,22,24). The lowest BCUT2D eigenvalue weighted by atomic mass is 9.98. The lowest BCUT2D eigenvalue weighted by Gasteiger charge is -2.41. The molecule has 0 spiro atoms. The van der Waals surface area contributed by atoms with Crippen LogP contribution in [-0.2, 0) is 0 Å². The van der Waals surface area contributed by atoms with Crippen LogP contribution in [0.2, 0.25) is 0 Å². The van der Waals surface area contributed by atoms with Crippen LogP contribution in [0, 0.1) is 0 Å². The number of carbonyl (C=O) groups excluding carboxylic acids is 1. The summed E-state index contributed by atoms with van der Waals surface area (Å²) in [4.78, 5) is 16.0. The van der Waals surface area contributed by atoms with Crippen LogP contribution in [0.4, 0.5) is 4.79 Å². The van der Waals surface area contributed by atoms with E-state index in [2.05, 4.69) is 60.6 Å². The van der Waals surface area contributed by atoms with Gasteiger partial charge in [0.15, 0.2) is 0 Å². The molecule has 3 rings (SSSR count). The van der Waals surface area contributed by atoms with Gasteiger partial charge in [0.25, 0.3) is 0 Å². The summed E-state index contributed by atoms with van der Waals surface area (Å²) in [6, 6.07) is 10.8. The Kier molecular flexibility index (Phi) is 5.35. The summed E-state index contributed by atoms with van der Waals surface area (Å²) < 4.78 is 1.26. The second-order valence-electron chi connectivity index (χ2n) is 7.96. The first kappa shape index (κ1) is 18.2. The number of carbonyl (C=O) groups is 1. The van der Waals surface area contributed by atoms with Crippen LogP contribution in [0.5, 0.6) is 0 Å². The molecule has 0 aliphatic carbocycles.